The van der Waals surface area contributed by atoms with Crippen LogP contribution in [-0.2, 0) is 9.53 Å². The van der Waals surface area contributed by atoms with Gasteiger partial charge in [0.15, 0.2) is 0 Å². The molecule has 4 nitrogen and oxygen atoms in total. The van der Waals surface area contributed by atoms with Crippen LogP contribution in [-0.4, -0.2) is 23.0 Å². The fourth-order valence-electron chi connectivity index (χ4n) is 1.54. The molecule has 1 amide bonds. The molecular formula is C13H25NO3. The summed E-state index contributed by atoms with van der Waals surface area (Å²) in [5, 5.41) is 2.79. The van der Waals surface area contributed by atoms with Crippen LogP contribution in [0.15, 0.2) is 0 Å². The Morgan fingerprint density at radius 1 is 1.18 bits per heavy atom. The maximum absolute atomic E-state index is 11.6. The summed E-state index contributed by atoms with van der Waals surface area (Å²) in [6, 6.07) is 0. The minimum atomic E-state index is -0.508. The minimum absolute atomic E-state index is 0.0695. The van der Waals surface area contributed by atoms with E-state index in [1.165, 1.54) is 0 Å². The average Bonchev–Trinajstić information content (AvgIpc) is 1.96. The van der Waals surface area contributed by atoms with Gasteiger partial charge in [-0.3, -0.25) is 4.79 Å². The second-order valence-corrected chi connectivity index (χ2v) is 6.23. The van der Waals surface area contributed by atoms with Gasteiger partial charge in [0.1, 0.15) is 11.4 Å². The number of ether oxygens (including phenoxy) is 1. The molecule has 0 heterocycles. The summed E-state index contributed by atoms with van der Waals surface area (Å²) in [4.78, 5) is 22.8. The predicted molar refractivity (Wildman–Crippen MR) is 67.9 cm³/mol. The molecular weight excluding hydrogens is 218 g/mol. The Hall–Kier alpha value is -1.06. The lowest BCUT2D eigenvalue weighted by Crippen LogP contribution is -2.47. The van der Waals surface area contributed by atoms with Crippen molar-refractivity contribution < 1.29 is 14.3 Å². The van der Waals surface area contributed by atoms with Crippen molar-refractivity contribution >= 4 is 11.9 Å². The highest BCUT2D eigenvalue weighted by Crippen LogP contribution is 2.18. The van der Waals surface area contributed by atoms with Crippen molar-refractivity contribution in [2.75, 3.05) is 0 Å². The van der Waals surface area contributed by atoms with Crippen LogP contribution in [0.4, 0.5) is 4.79 Å². The fraction of sp³-hybridized carbons (Fsp3) is 0.846. The number of hydrogen-bond acceptors (Lipinski definition) is 3. The lowest BCUT2D eigenvalue weighted by Gasteiger charge is -2.30. The first-order valence-corrected chi connectivity index (χ1v) is 5.94. The minimum Gasteiger partial charge on any atom is -0.444 e. The molecule has 0 spiro atoms. The van der Waals surface area contributed by atoms with E-state index >= 15 is 0 Å². The smallest absolute Gasteiger partial charge is 0.408 e. The summed E-state index contributed by atoms with van der Waals surface area (Å²) in [5.74, 6) is 0.0593. The van der Waals surface area contributed by atoms with Gasteiger partial charge in [-0.2, -0.15) is 0 Å². The first-order chi connectivity index (χ1) is 7.43. The van der Waals surface area contributed by atoms with E-state index in [-0.39, 0.29) is 11.7 Å². The molecule has 0 aliphatic carbocycles. The highest BCUT2D eigenvalue weighted by Gasteiger charge is 2.27. The van der Waals surface area contributed by atoms with Gasteiger partial charge in [0.05, 0.1) is 0 Å². The topological polar surface area (TPSA) is 55.4 Å². The fourth-order valence-corrected chi connectivity index (χ4v) is 1.54. The van der Waals surface area contributed by atoms with Crippen molar-refractivity contribution in [3.63, 3.8) is 0 Å². The molecule has 17 heavy (non-hydrogen) atoms. The molecule has 0 bridgehead atoms. The van der Waals surface area contributed by atoms with Gasteiger partial charge in [0.2, 0.25) is 0 Å². The van der Waals surface area contributed by atoms with E-state index in [4.69, 9.17) is 4.74 Å². The Kier molecular flexibility index (Phi) is 5.17. The zero-order valence-electron chi connectivity index (χ0n) is 12.0. The molecule has 0 rings (SSSR count). The maximum atomic E-state index is 11.6. The van der Waals surface area contributed by atoms with Crippen LogP contribution in [0.5, 0.6) is 0 Å². The van der Waals surface area contributed by atoms with Gasteiger partial charge in [0.25, 0.3) is 0 Å². The van der Waals surface area contributed by atoms with Crippen molar-refractivity contribution in [2.45, 2.75) is 66.0 Å². The standard InChI is InChI=1S/C13H25NO3/c1-9(10(2)15)8-13(6,7)14-11(16)17-12(3,4)5/h9H,8H2,1-7H3,(H,14,16). The van der Waals surface area contributed by atoms with Gasteiger partial charge in [-0.25, -0.2) is 4.79 Å². The highest BCUT2D eigenvalue weighted by molar-refractivity contribution is 5.78. The SMILES string of the molecule is CC(=O)C(C)CC(C)(C)NC(=O)OC(C)(C)C. The quantitative estimate of drug-likeness (QED) is 0.826. The number of alkyl carbamates (subject to hydrolysis) is 1. The normalized spacial score (nSPS) is 14.1. The van der Waals surface area contributed by atoms with Gasteiger partial charge in [0, 0.05) is 11.5 Å². The molecule has 0 fully saturated rings. The number of Topliss-reactive ketones (excluding diaryl/α,β-unsaturated/α-hetero) is 1. The number of ketones is 1. The van der Waals surface area contributed by atoms with E-state index in [0.29, 0.717) is 6.42 Å². The summed E-state index contributed by atoms with van der Waals surface area (Å²) in [7, 11) is 0. The molecule has 0 aromatic heterocycles. The molecule has 0 aromatic carbocycles. The van der Waals surface area contributed by atoms with Crippen LogP contribution >= 0.6 is 0 Å². The monoisotopic (exact) mass is 243 g/mol. The molecule has 1 atom stereocenters. The largest absolute Gasteiger partial charge is 0.444 e. The Balaban J connectivity index is 4.35. The van der Waals surface area contributed by atoms with Crippen LogP contribution in [0.25, 0.3) is 0 Å². The Morgan fingerprint density at radius 3 is 2.00 bits per heavy atom. The van der Waals surface area contributed by atoms with Crippen molar-refractivity contribution in [1.29, 1.82) is 0 Å². The van der Waals surface area contributed by atoms with E-state index in [0.717, 1.165) is 0 Å². The van der Waals surface area contributed by atoms with Gasteiger partial charge in [-0.1, -0.05) is 6.92 Å². The van der Waals surface area contributed by atoms with E-state index in [1.807, 2.05) is 41.5 Å². The molecule has 0 aliphatic rings. The lowest BCUT2D eigenvalue weighted by atomic mass is 9.90. The predicted octanol–water partition coefficient (Wildman–Crippen LogP) is 2.90. The second-order valence-electron chi connectivity index (χ2n) is 6.23. The van der Waals surface area contributed by atoms with Crippen LogP contribution < -0.4 is 5.32 Å². The average molecular weight is 243 g/mol. The molecule has 4 heteroatoms. The van der Waals surface area contributed by atoms with Crippen LogP contribution in [0.2, 0.25) is 0 Å². The summed E-state index contributed by atoms with van der Waals surface area (Å²) in [6.07, 6.45) is 0.153. The van der Waals surface area contributed by atoms with Gasteiger partial charge < -0.3 is 10.1 Å². The third kappa shape index (κ3) is 7.77. The van der Waals surface area contributed by atoms with Crippen LogP contribution in [0.1, 0.15) is 54.9 Å². The van der Waals surface area contributed by atoms with Crippen molar-refractivity contribution in [3.05, 3.63) is 0 Å². The van der Waals surface area contributed by atoms with Gasteiger partial charge in [-0.15, -0.1) is 0 Å². The number of rotatable bonds is 4. The molecule has 0 saturated heterocycles. The summed E-state index contributed by atoms with van der Waals surface area (Å²) in [6.45, 7) is 12.6. The summed E-state index contributed by atoms with van der Waals surface area (Å²) < 4.78 is 5.18. The van der Waals surface area contributed by atoms with Crippen molar-refractivity contribution in [2.24, 2.45) is 5.92 Å². The highest BCUT2D eigenvalue weighted by atomic mass is 16.6. The number of carbonyl (C=O) groups is 2. The van der Waals surface area contributed by atoms with Crippen molar-refractivity contribution in [3.8, 4) is 0 Å². The molecule has 0 aromatic rings. The van der Waals surface area contributed by atoms with E-state index < -0.39 is 17.2 Å². The molecule has 0 aliphatic heterocycles. The third-order valence-electron chi connectivity index (χ3n) is 2.35. The Bertz CT molecular complexity index is 290. The Morgan fingerprint density at radius 2 is 1.65 bits per heavy atom. The van der Waals surface area contributed by atoms with Crippen molar-refractivity contribution in [1.82, 2.24) is 5.32 Å². The molecule has 1 unspecified atom stereocenters. The first-order valence-electron chi connectivity index (χ1n) is 5.94. The van der Waals surface area contributed by atoms with E-state index in [9.17, 15) is 9.59 Å². The summed E-state index contributed by atoms with van der Waals surface area (Å²) >= 11 is 0. The molecule has 0 radical (unpaired) electrons. The zero-order valence-corrected chi connectivity index (χ0v) is 12.0. The number of nitrogens with one attached hydrogen (secondary N) is 1. The Labute approximate surface area is 104 Å². The van der Waals surface area contributed by atoms with Crippen LogP contribution in [0, 0.1) is 5.92 Å². The van der Waals surface area contributed by atoms with E-state index in [2.05, 4.69) is 5.32 Å². The number of carbonyl (C=O) groups excluding carboxylic acids is 2. The van der Waals surface area contributed by atoms with E-state index in [1.54, 1.807) is 6.92 Å². The molecule has 1 N–H and O–H groups in total. The van der Waals surface area contributed by atoms with Crippen LogP contribution in [0.3, 0.4) is 0 Å². The third-order valence-corrected chi connectivity index (χ3v) is 2.35. The molecule has 0 saturated carbocycles. The van der Waals surface area contributed by atoms with Gasteiger partial charge >= 0.3 is 6.09 Å². The second kappa shape index (κ2) is 5.52. The lowest BCUT2D eigenvalue weighted by molar-refractivity contribution is -0.120. The van der Waals surface area contributed by atoms with Gasteiger partial charge in [-0.05, 0) is 48.0 Å². The molecule has 100 valence electrons. The zero-order chi connectivity index (χ0) is 13.9. The number of hydrogen-bond donors (Lipinski definition) is 1. The number of amides is 1. The first kappa shape index (κ1) is 15.9. The summed E-state index contributed by atoms with van der Waals surface area (Å²) in [5.41, 5.74) is -0.959. The maximum Gasteiger partial charge on any atom is 0.408 e.